The second-order valence-corrected chi connectivity index (χ2v) is 15.0. The summed E-state index contributed by atoms with van der Waals surface area (Å²) >= 11 is 1.81. The predicted octanol–water partition coefficient (Wildman–Crippen LogP) is 13.6. The van der Waals surface area contributed by atoms with Crippen LogP contribution in [0.4, 0.5) is 0 Å². The lowest BCUT2D eigenvalue weighted by Crippen LogP contribution is -2.00. The van der Waals surface area contributed by atoms with Gasteiger partial charge in [-0.15, -0.1) is 11.3 Å². The summed E-state index contributed by atoms with van der Waals surface area (Å²) in [5.41, 5.74) is 11.9. The summed E-state index contributed by atoms with van der Waals surface area (Å²) in [4.78, 5) is 15.4. The molecule has 0 atom stereocenters. The van der Waals surface area contributed by atoms with Crippen LogP contribution in [0.5, 0.6) is 0 Å². The van der Waals surface area contributed by atoms with Crippen LogP contribution in [0.3, 0.4) is 0 Å². The number of benzene rings is 8. The molecule has 0 N–H and O–H groups in total. The van der Waals surface area contributed by atoms with E-state index >= 15 is 0 Å². The number of aromatic nitrogens is 3. The maximum atomic E-state index is 6.54. The molecule has 1 aliphatic carbocycles. The molecule has 0 saturated heterocycles. The Kier molecular flexibility index (Phi) is 6.18. The number of fused-ring (bicyclic) bond motifs is 9. The Labute approximate surface area is 313 Å². The standard InChI is InChI=1S/C49H27N3OS/c1-2-10-29(11-3-1)47-50-48(31-23-25-43-38(27-31)33-14-4-5-21-42(33)54-43)52-49(51-47)37-19-9-20-41-46(37)39-26-30(22-24-40(39)53-41)32-15-8-17-35-34-16-6-12-28-13-7-18-36(44(28)34)45(32)35/h1-27H. The fourth-order valence-corrected chi connectivity index (χ4v) is 9.56. The molecule has 0 saturated carbocycles. The van der Waals surface area contributed by atoms with E-state index in [-0.39, 0.29) is 0 Å². The summed E-state index contributed by atoms with van der Waals surface area (Å²) in [6, 6.07) is 57.9. The highest BCUT2D eigenvalue weighted by molar-refractivity contribution is 7.25. The molecule has 0 spiro atoms. The van der Waals surface area contributed by atoms with Crippen LogP contribution >= 0.6 is 11.3 Å². The van der Waals surface area contributed by atoms with E-state index in [0.717, 1.165) is 44.2 Å². The van der Waals surface area contributed by atoms with E-state index in [1.54, 1.807) is 0 Å². The minimum atomic E-state index is 0.607. The van der Waals surface area contributed by atoms with Crippen LogP contribution in [0.25, 0.3) is 120 Å². The van der Waals surface area contributed by atoms with Crippen molar-refractivity contribution in [2.24, 2.45) is 0 Å². The molecule has 11 aromatic rings. The lowest BCUT2D eigenvalue weighted by Gasteiger charge is -2.11. The highest BCUT2D eigenvalue weighted by Gasteiger charge is 2.25. The molecule has 54 heavy (non-hydrogen) atoms. The van der Waals surface area contributed by atoms with E-state index in [0.29, 0.717) is 17.5 Å². The summed E-state index contributed by atoms with van der Waals surface area (Å²) < 4.78 is 9.05. The molecule has 250 valence electrons. The van der Waals surface area contributed by atoms with Crippen molar-refractivity contribution in [1.29, 1.82) is 0 Å². The summed E-state index contributed by atoms with van der Waals surface area (Å²) in [7, 11) is 0. The van der Waals surface area contributed by atoms with Crippen LogP contribution in [0.2, 0.25) is 0 Å². The number of hydrogen-bond acceptors (Lipinski definition) is 5. The maximum Gasteiger partial charge on any atom is 0.164 e. The summed E-state index contributed by atoms with van der Waals surface area (Å²) in [6.45, 7) is 0. The number of hydrogen-bond donors (Lipinski definition) is 0. The van der Waals surface area contributed by atoms with Gasteiger partial charge in [-0.05, 0) is 86.6 Å². The Balaban J connectivity index is 1.07. The number of rotatable bonds is 4. The molecule has 0 radical (unpaired) electrons. The number of thiophene rings is 1. The fraction of sp³-hybridized carbons (Fsp3) is 0. The van der Waals surface area contributed by atoms with Crippen LogP contribution in [-0.2, 0) is 0 Å². The zero-order valence-electron chi connectivity index (χ0n) is 28.7. The van der Waals surface area contributed by atoms with Crippen molar-refractivity contribution < 1.29 is 4.42 Å². The van der Waals surface area contributed by atoms with Crippen molar-refractivity contribution in [3.8, 4) is 67.5 Å². The minimum Gasteiger partial charge on any atom is -0.456 e. The van der Waals surface area contributed by atoms with Gasteiger partial charge in [0.2, 0.25) is 0 Å². The summed E-state index contributed by atoms with van der Waals surface area (Å²) in [6.07, 6.45) is 0. The zero-order chi connectivity index (χ0) is 35.3. The van der Waals surface area contributed by atoms with Gasteiger partial charge in [0.1, 0.15) is 11.2 Å². The van der Waals surface area contributed by atoms with Crippen LogP contribution in [-0.4, -0.2) is 15.0 Å². The molecule has 3 heterocycles. The Bertz CT molecular complexity index is 3340. The highest BCUT2D eigenvalue weighted by atomic mass is 32.1. The molecule has 0 bridgehead atoms. The van der Waals surface area contributed by atoms with Gasteiger partial charge in [0.05, 0.1) is 0 Å². The van der Waals surface area contributed by atoms with Crippen molar-refractivity contribution in [3.05, 3.63) is 164 Å². The first kappa shape index (κ1) is 29.6. The highest BCUT2D eigenvalue weighted by Crippen LogP contribution is 2.51. The Morgan fingerprint density at radius 3 is 1.94 bits per heavy atom. The van der Waals surface area contributed by atoms with Gasteiger partial charge in [-0.2, -0.15) is 0 Å². The maximum absolute atomic E-state index is 6.54. The minimum absolute atomic E-state index is 0.607. The van der Waals surface area contributed by atoms with Crippen molar-refractivity contribution in [1.82, 2.24) is 15.0 Å². The molecule has 0 unspecified atom stereocenters. The third-order valence-corrected chi connectivity index (χ3v) is 12.0. The normalized spacial score (nSPS) is 12.1. The lowest BCUT2D eigenvalue weighted by atomic mass is 9.92. The average molecular weight is 706 g/mol. The molecule has 5 heteroatoms. The topological polar surface area (TPSA) is 51.8 Å². The summed E-state index contributed by atoms with van der Waals surface area (Å²) in [5, 5.41) is 7.06. The third kappa shape index (κ3) is 4.33. The van der Waals surface area contributed by atoms with Gasteiger partial charge >= 0.3 is 0 Å². The van der Waals surface area contributed by atoms with Crippen LogP contribution in [0.15, 0.2) is 168 Å². The molecule has 0 amide bonds. The monoisotopic (exact) mass is 705 g/mol. The van der Waals surface area contributed by atoms with Crippen LogP contribution < -0.4 is 0 Å². The molecule has 0 fully saturated rings. The molecule has 8 aromatic carbocycles. The van der Waals surface area contributed by atoms with Gasteiger partial charge in [0.25, 0.3) is 0 Å². The van der Waals surface area contributed by atoms with Gasteiger partial charge < -0.3 is 4.42 Å². The van der Waals surface area contributed by atoms with Crippen molar-refractivity contribution >= 4 is 64.2 Å². The number of furan rings is 1. The van der Waals surface area contributed by atoms with Gasteiger partial charge in [-0.1, -0.05) is 121 Å². The first-order valence-electron chi connectivity index (χ1n) is 18.1. The SMILES string of the molecule is c1ccc(-c2nc(-c3ccc4sc5ccccc5c4c3)nc(-c3cccc4oc5ccc(-c6cccc7c6-c6cccc8cccc-7c68)cc5c34)n2)cc1. The molecule has 4 nitrogen and oxygen atoms in total. The van der Waals surface area contributed by atoms with Crippen molar-refractivity contribution in [2.45, 2.75) is 0 Å². The van der Waals surface area contributed by atoms with E-state index in [1.807, 2.05) is 41.7 Å². The number of nitrogens with zero attached hydrogens (tertiary/aromatic N) is 3. The van der Waals surface area contributed by atoms with Gasteiger partial charge in [-0.25, -0.2) is 15.0 Å². The van der Waals surface area contributed by atoms with Crippen LogP contribution in [0, 0.1) is 0 Å². The van der Waals surface area contributed by atoms with E-state index in [1.165, 1.54) is 58.8 Å². The molecule has 12 rings (SSSR count). The Morgan fingerprint density at radius 1 is 0.370 bits per heavy atom. The fourth-order valence-electron chi connectivity index (χ4n) is 8.47. The van der Waals surface area contributed by atoms with Gasteiger partial charge in [0, 0.05) is 47.6 Å². The molecule has 1 aliphatic rings. The molecule has 3 aromatic heterocycles. The molecular formula is C49H27N3OS. The smallest absolute Gasteiger partial charge is 0.164 e. The Hall–Kier alpha value is -6.95. The van der Waals surface area contributed by atoms with E-state index < -0.39 is 0 Å². The lowest BCUT2D eigenvalue weighted by molar-refractivity contribution is 0.669. The zero-order valence-corrected chi connectivity index (χ0v) is 29.6. The third-order valence-electron chi connectivity index (χ3n) is 10.9. The second-order valence-electron chi connectivity index (χ2n) is 13.9. The van der Waals surface area contributed by atoms with E-state index in [9.17, 15) is 0 Å². The second kappa shape index (κ2) is 11.3. The van der Waals surface area contributed by atoms with Crippen molar-refractivity contribution in [2.75, 3.05) is 0 Å². The van der Waals surface area contributed by atoms with Crippen molar-refractivity contribution in [3.63, 3.8) is 0 Å². The Morgan fingerprint density at radius 2 is 1.04 bits per heavy atom. The van der Waals surface area contributed by atoms with Crippen LogP contribution in [0.1, 0.15) is 0 Å². The summed E-state index contributed by atoms with van der Waals surface area (Å²) in [5.74, 6) is 1.87. The average Bonchev–Trinajstić information content (AvgIpc) is 3.91. The van der Waals surface area contributed by atoms with Gasteiger partial charge in [0.15, 0.2) is 17.5 Å². The largest absolute Gasteiger partial charge is 0.456 e. The molecular weight excluding hydrogens is 679 g/mol. The predicted molar refractivity (Wildman–Crippen MR) is 224 cm³/mol. The van der Waals surface area contributed by atoms with E-state index in [4.69, 9.17) is 19.4 Å². The first-order valence-corrected chi connectivity index (χ1v) is 18.9. The molecule has 0 aliphatic heterocycles. The van der Waals surface area contributed by atoms with Gasteiger partial charge in [-0.3, -0.25) is 0 Å². The quantitative estimate of drug-likeness (QED) is 0.183. The first-order chi connectivity index (χ1) is 26.7. The van der Waals surface area contributed by atoms with E-state index in [2.05, 4.69) is 133 Å².